The van der Waals surface area contributed by atoms with Crippen LogP contribution in [0.15, 0.2) is 22.5 Å². The maximum Gasteiger partial charge on any atom is 0.407 e. The van der Waals surface area contributed by atoms with Crippen molar-refractivity contribution < 1.29 is 29.0 Å². The molecule has 0 saturated carbocycles. The molecule has 3 heterocycles. The van der Waals surface area contributed by atoms with Crippen LogP contribution in [0.2, 0.25) is 0 Å². The number of nitrogens with zero attached hydrogens (tertiary/aromatic N) is 1. The van der Waals surface area contributed by atoms with Crippen molar-refractivity contribution in [3.63, 3.8) is 0 Å². The Morgan fingerprint density at radius 3 is 2.85 bits per heavy atom. The van der Waals surface area contributed by atoms with E-state index in [9.17, 15) is 14.4 Å². The molecule has 3 aliphatic heterocycles. The number of alkyl carbamates (subject to hydrolysis) is 1. The molecule has 0 unspecified atom stereocenters. The predicted molar refractivity (Wildman–Crippen MR) is 91.0 cm³/mol. The van der Waals surface area contributed by atoms with Gasteiger partial charge in [0.05, 0.1) is 30.0 Å². The number of ketones is 2. The molecule has 4 aliphatic rings. The molecule has 0 aromatic rings. The Hall–Kier alpha value is -2.43. The molecule has 4 atom stereocenters. The molecule has 0 aromatic heterocycles. The van der Waals surface area contributed by atoms with Crippen LogP contribution in [0.5, 0.6) is 0 Å². The summed E-state index contributed by atoms with van der Waals surface area (Å²) in [6.45, 7) is 1.74. The number of aliphatic hydroxyl groups is 1. The molecule has 2 saturated heterocycles. The third-order valence-corrected chi connectivity index (χ3v) is 5.84. The van der Waals surface area contributed by atoms with Crippen LogP contribution in [-0.4, -0.2) is 78.9 Å². The molecule has 0 aromatic carbocycles. The van der Waals surface area contributed by atoms with E-state index in [1.165, 1.54) is 14.0 Å². The lowest BCUT2D eigenvalue weighted by Crippen LogP contribution is -2.55. The molecule has 27 heavy (non-hydrogen) atoms. The predicted octanol–water partition coefficient (Wildman–Crippen LogP) is -2.03. The van der Waals surface area contributed by atoms with Crippen molar-refractivity contribution in [1.29, 1.82) is 0 Å². The van der Waals surface area contributed by atoms with Crippen LogP contribution in [0.3, 0.4) is 0 Å². The summed E-state index contributed by atoms with van der Waals surface area (Å²) in [7, 11) is 1.52. The van der Waals surface area contributed by atoms with Crippen molar-refractivity contribution in [3.8, 4) is 0 Å². The van der Waals surface area contributed by atoms with Crippen molar-refractivity contribution in [3.05, 3.63) is 22.5 Å². The summed E-state index contributed by atoms with van der Waals surface area (Å²) >= 11 is 0. The first-order valence-corrected chi connectivity index (χ1v) is 8.78. The average Bonchev–Trinajstić information content (AvgIpc) is 3.27. The number of rotatable bonds is 5. The van der Waals surface area contributed by atoms with Crippen LogP contribution >= 0.6 is 0 Å². The number of methoxy groups -OCH3 is 1. The van der Waals surface area contributed by atoms with Crippen molar-refractivity contribution >= 4 is 17.7 Å². The number of hydrogen-bond acceptors (Lipinski definition) is 9. The van der Waals surface area contributed by atoms with Gasteiger partial charge in [-0.15, -0.1) is 0 Å². The van der Waals surface area contributed by atoms with E-state index in [1.54, 1.807) is 0 Å². The van der Waals surface area contributed by atoms with Crippen LogP contribution in [0.4, 0.5) is 4.79 Å². The van der Waals surface area contributed by atoms with E-state index in [-0.39, 0.29) is 54.5 Å². The second-order valence-corrected chi connectivity index (χ2v) is 7.08. The van der Waals surface area contributed by atoms with Gasteiger partial charge in [0, 0.05) is 37.4 Å². The van der Waals surface area contributed by atoms with Gasteiger partial charge >= 0.3 is 6.09 Å². The second kappa shape index (κ2) is 6.04. The zero-order valence-electron chi connectivity index (χ0n) is 15.1. The SMILES string of the molecule is CO[C@@]12[C@@H]3N[C@@H]3CN1C1=C(C(=O)C(N)=C(C)C1=O)[C@@H]2COC(=O)NCCO. The number of carbonyl (C=O) groups is 3. The van der Waals surface area contributed by atoms with Gasteiger partial charge in [-0.2, -0.15) is 0 Å². The fourth-order valence-electron chi connectivity index (χ4n) is 4.51. The van der Waals surface area contributed by atoms with Gasteiger partial charge in [0.2, 0.25) is 11.6 Å². The first-order valence-electron chi connectivity index (χ1n) is 8.78. The summed E-state index contributed by atoms with van der Waals surface area (Å²) < 4.78 is 11.1. The first kappa shape index (κ1) is 18.0. The summed E-state index contributed by atoms with van der Waals surface area (Å²) in [5.41, 5.74) is 5.58. The second-order valence-electron chi connectivity index (χ2n) is 7.08. The Labute approximate surface area is 155 Å². The van der Waals surface area contributed by atoms with E-state index in [4.69, 9.17) is 20.3 Å². The van der Waals surface area contributed by atoms with Crippen molar-refractivity contribution in [1.82, 2.24) is 15.5 Å². The molecular weight excluding hydrogens is 356 g/mol. The Morgan fingerprint density at radius 1 is 1.44 bits per heavy atom. The van der Waals surface area contributed by atoms with Crippen molar-refractivity contribution in [2.45, 2.75) is 24.7 Å². The number of Topliss-reactive ketones (excluding diaryl/α,β-unsaturated/α-hetero) is 2. The summed E-state index contributed by atoms with van der Waals surface area (Å²) in [4.78, 5) is 39.5. The molecule has 5 N–H and O–H groups in total. The highest BCUT2D eigenvalue weighted by atomic mass is 16.6. The van der Waals surface area contributed by atoms with Crippen LogP contribution < -0.4 is 16.4 Å². The molecule has 10 heteroatoms. The van der Waals surface area contributed by atoms with Gasteiger partial charge in [0.15, 0.2) is 5.72 Å². The topological polar surface area (TPSA) is 153 Å². The van der Waals surface area contributed by atoms with Crippen molar-refractivity contribution in [2.75, 3.05) is 33.4 Å². The summed E-state index contributed by atoms with van der Waals surface area (Å²) in [5.74, 6) is -1.38. The Morgan fingerprint density at radius 2 is 2.19 bits per heavy atom. The van der Waals surface area contributed by atoms with E-state index >= 15 is 0 Å². The molecule has 1 amide bonds. The van der Waals surface area contributed by atoms with E-state index in [0.717, 1.165) is 0 Å². The zero-order valence-corrected chi connectivity index (χ0v) is 15.1. The number of aliphatic hydroxyl groups excluding tert-OH is 1. The van der Waals surface area contributed by atoms with Crippen molar-refractivity contribution in [2.24, 2.45) is 11.7 Å². The van der Waals surface area contributed by atoms with E-state index < -0.39 is 23.5 Å². The minimum atomic E-state index is -0.983. The fourth-order valence-corrected chi connectivity index (χ4v) is 4.51. The van der Waals surface area contributed by atoms with Gasteiger partial charge in [-0.3, -0.25) is 9.59 Å². The Bertz CT molecular complexity index is 805. The lowest BCUT2D eigenvalue weighted by atomic mass is 9.82. The molecule has 2 fully saturated rings. The van der Waals surface area contributed by atoms with Crippen LogP contribution in [0.25, 0.3) is 0 Å². The quantitative estimate of drug-likeness (QED) is 0.313. The standard InChI is InChI=1S/C17H22N4O6/c1-7-11(18)14(24)10-8(6-27-16(25)19-3-4-22)17(26-2)15-9(20-15)5-21(17)12(10)13(7)23/h8-9,15,20,22H,3-6,18H2,1-2H3,(H,19,25)/t8-,9+,15+,17-/m0/s1. The number of nitrogens with two attached hydrogens (primary N) is 1. The highest BCUT2D eigenvalue weighted by molar-refractivity contribution is 6.25. The third-order valence-electron chi connectivity index (χ3n) is 5.84. The number of piperazine rings is 1. The minimum Gasteiger partial charge on any atom is -0.449 e. The normalized spacial score (nSPS) is 33.9. The number of carbonyl (C=O) groups excluding carboxylic acids is 3. The highest BCUT2D eigenvalue weighted by Gasteiger charge is 2.72. The van der Waals surface area contributed by atoms with Gasteiger partial charge in [-0.05, 0) is 6.92 Å². The maximum atomic E-state index is 12.9. The molecule has 0 spiro atoms. The van der Waals surface area contributed by atoms with Crippen LogP contribution in [0.1, 0.15) is 6.92 Å². The molecule has 146 valence electrons. The number of allylic oxidation sites excluding steroid dienone is 2. The Balaban J connectivity index is 1.70. The summed E-state index contributed by atoms with van der Waals surface area (Å²) in [6, 6.07) is 0.0699. The van der Waals surface area contributed by atoms with Gasteiger partial charge in [-0.1, -0.05) is 0 Å². The molecule has 4 rings (SSSR count). The number of amides is 1. The number of nitrogens with one attached hydrogen (secondary N) is 2. The minimum absolute atomic E-state index is 0.0531. The molecule has 10 nitrogen and oxygen atoms in total. The largest absolute Gasteiger partial charge is 0.449 e. The molecule has 1 aliphatic carbocycles. The fraction of sp³-hybridized carbons (Fsp3) is 0.588. The molecule has 0 radical (unpaired) electrons. The van der Waals surface area contributed by atoms with Crippen LogP contribution in [0, 0.1) is 5.92 Å². The van der Waals surface area contributed by atoms with Gasteiger partial charge in [0.1, 0.15) is 6.61 Å². The monoisotopic (exact) mass is 378 g/mol. The summed E-state index contributed by atoms with van der Waals surface area (Å²) in [6.07, 6.45) is -0.719. The van der Waals surface area contributed by atoms with Gasteiger partial charge in [0.25, 0.3) is 0 Å². The average molecular weight is 378 g/mol. The van der Waals surface area contributed by atoms with E-state index in [1.807, 2.05) is 4.90 Å². The van der Waals surface area contributed by atoms with E-state index in [0.29, 0.717) is 12.2 Å². The van der Waals surface area contributed by atoms with Gasteiger partial charge < -0.3 is 35.8 Å². The number of ether oxygens (including phenoxy) is 2. The summed E-state index contributed by atoms with van der Waals surface area (Å²) in [5, 5.41) is 14.5. The Kier molecular flexibility index (Phi) is 4.02. The molecular formula is C17H22N4O6. The zero-order chi connectivity index (χ0) is 19.5. The lowest BCUT2D eigenvalue weighted by Gasteiger charge is -2.39. The highest BCUT2D eigenvalue weighted by Crippen LogP contribution is 2.55. The van der Waals surface area contributed by atoms with E-state index in [2.05, 4.69) is 10.6 Å². The third kappa shape index (κ3) is 2.27. The van der Waals surface area contributed by atoms with Crippen LogP contribution in [-0.2, 0) is 19.1 Å². The lowest BCUT2D eigenvalue weighted by molar-refractivity contribution is -0.137. The smallest absolute Gasteiger partial charge is 0.407 e. The number of hydrogen-bond donors (Lipinski definition) is 4. The molecule has 0 bridgehead atoms. The first-order chi connectivity index (χ1) is 12.9. The van der Waals surface area contributed by atoms with Gasteiger partial charge in [-0.25, -0.2) is 4.79 Å². The number of fused-ring (bicyclic) bond motifs is 4. The maximum absolute atomic E-state index is 12.9.